The minimum atomic E-state index is -4.02. The molecule has 0 radical (unpaired) electrons. The van der Waals surface area contributed by atoms with Gasteiger partial charge in [0.1, 0.15) is 0 Å². The molecule has 0 aliphatic carbocycles. The number of carbonyl (C=O) groups excluding carboxylic acids is 1. The van der Waals surface area contributed by atoms with E-state index in [0.717, 1.165) is 29.1 Å². The van der Waals surface area contributed by atoms with Crippen molar-refractivity contribution in [1.82, 2.24) is 13.9 Å². The third-order valence-corrected chi connectivity index (χ3v) is 11.1. The predicted molar refractivity (Wildman–Crippen MR) is 156 cm³/mol. The Bertz CT molecular complexity index is 1560. The summed E-state index contributed by atoms with van der Waals surface area (Å²) in [5, 5.41) is 3.36. The molecule has 12 heteroatoms. The molecule has 1 amide bonds. The van der Waals surface area contributed by atoms with Gasteiger partial charge in [-0.2, -0.15) is 8.61 Å². The molecule has 4 rings (SSSR count). The lowest BCUT2D eigenvalue weighted by molar-refractivity contribution is -0.121. The lowest BCUT2D eigenvalue weighted by Gasteiger charge is -2.25. The van der Waals surface area contributed by atoms with Crippen molar-refractivity contribution in [3.05, 3.63) is 93.5 Å². The van der Waals surface area contributed by atoms with Gasteiger partial charge in [-0.25, -0.2) is 16.8 Å². The van der Waals surface area contributed by atoms with Gasteiger partial charge in [-0.3, -0.25) is 4.79 Å². The van der Waals surface area contributed by atoms with E-state index in [1.165, 1.54) is 28.6 Å². The van der Waals surface area contributed by atoms with Crippen molar-refractivity contribution in [2.75, 3.05) is 19.6 Å². The molecule has 40 heavy (non-hydrogen) atoms. The van der Waals surface area contributed by atoms with E-state index in [0.29, 0.717) is 29.2 Å². The number of aryl methyl sites for hydroxylation is 1. The lowest BCUT2D eigenvalue weighted by Crippen LogP contribution is -2.40. The SMILES string of the molecule is Cc1ccc(S(=O)(=O)N(CC(=O)NCc2ccc(S(=O)(=O)N3CCCCC3)cc2)Cc2ccc(Cl)c(Cl)c2)cc1. The van der Waals surface area contributed by atoms with Crippen LogP contribution < -0.4 is 5.32 Å². The van der Waals surface area contributed by atoms with Crippen LogP contribution in [0.1, 0.15) is 36.0 Å². The normalized spacial score (nSPS) is 14.8. The second-order valence-electron chi connectivity index (χ2n) is 9.72. The fourth-order valence-corrected chi connectivity index (χ4v) is 7.60. The van der Waals surface area contributed by atoms with E-state index in [-0.39, 0.29) is 27.9 Å². The van der Waals surface area contributed by atoms with E-state index < -0.39 is 32.5 Å². The molecule has 1 aliphatic heterocycles. The summed E-state index contributed by atoms with van der Waals surface area (Å²) in [6, 6.07) is 17.6. The van der Waals surface area contributed by atoms with Crippen molar-refractivity contribution in [3.8, 4) is 0 Å². The molecule has 214 valence electrons. The Hall–Kier alpha value is -2.47. The minimum absolute atomic E-state index is 0.0662. The van der Waals surface area contributed by atoms with Crippen LogP contribution in [0.2, 0.25) is 10.0 Å². The summed E-state index contributed by atoms with van der Waals surface area (Å²) in [5.41, 5.74) is 2.16. The Labute approximate surface area is 246 Å². The summed E-state index contributed by atoms with van der Waals surface area (Å²) in [6.07, 6.45) is 2.73. The Morgan fingerprint density at radius 1 is 0.825 bits per heavy atom. The summed E-state index contributed by atoms with van der Waals surface area (Å²) in [6.45, 7) is 2.47. The topological polar surface area (TPSA) is 104 Å². The number of hydrogen-bond acceptors (Lipinski definition) is 5. The van der Waals surface area contributed by atoms with Crippen molar-refractivity contribution in [2.24, 2.45) is 0 Å². The van der Waals surface area contributed by atoms with Gasteiger partial charge in [-0.05, 0) is 67.3 Å². The molecule has 1 aliphatic rings. The number of sulfonamides is 2. The second kappa shape index (κ2) is 13.0. The van der Waals surface area contributed by atoms with Gasteiger partial charge in [0.2, 0.25) is 26.0 Å². The van der Waals surface area contributed by atoms with Gasteiger partial charge in [0.15, 0.2) is 0 Å². The number of piperidine rings is 1. The zero-order chi connectivity index (χ0) is 28.9. The molecule has 0 atom stereocenters. The maximum Gasteiger partial charge on any atom is 0.243 e. The van der Waals surface area contributed by atoms with Crippen LogP contribution in [0, 0.1) is 6.92 Å². The molecule has 3 aromatic rings. The number of nitrogens with one attached hydrogen (secondary N) is 1. The highest BCUT2D eigenvalue weighted by Gasteiger charge is 2.28. The largest absolute Gasteiger partial charge is 0.351 e. The maximum atomic E-state index is 13.5. The number of halogens is 2. The Morgan fingerprint density at radius 3 is 2.05 bits per heavy atom. The number of rotatable bonds is 10. The highest BCUT2D eigenvalue weighted by atomic mass is 35.5. The van der Waals surface area contributed by atoms with E-state index in [9.17, 15) is 21.6 Å². The molecule has 8 nitrogen and oxygen atoms in total. The van der Waals surface area contributed by atoms with Crippen molar-refractivity contribution >= 4 is 49.2 Å². The Kier molecular flexibility index (Phi) is 9.92. The average molecular weight is 625 g/mol. The number of nitrogens with zero attached hydrogens (tertiary/aromatic N) is 2. The van der Waals surface area contributed by atoms with Crippen LogP contribution in [-0.4, -0.2) is 51.0 Å². The molecule has 0 saturated carbocycles. The van der Waals surface area contributed by atoms with Gasteiger partial charge in [0.05, 0.1) is 26.4 Å². The summed E-state index contributed by atoms with van der Waals surface area (Å²) in [5.74, 6) is -0.513. The highest BCUT2D eigenvalue weighted by Crippen LogP contribution is 2.25. The number of carbonyl (C=O) groups is 1. The van der Waals surface area contributed by atoms with E-state index in [4.69, 9.17) is 23.2 Å². The van der Waals surface area contributed by atoms with E-state index in [2.05, 4.69) is 5.32 Å². The summed E-state index contributed by atoms with van der Waals surface area (Å²) >= 11 is 12.1. The monoisotopic (exact) mass is 623 g/mol. The highest BCUT2D eigenvalue weighted by molar-refractivity contribution is 7.89. The smallest absolute Gasteiger partial charge is 0.243 e. The molecule has 1 heterocycles. The van der Waals surface area contributed by atoms with Gasteiger partial charge < -0.3 is 5.32 Å². The Balaban J connectivity index is 1.46. The molecule has 0 spiro atoms. The van der Waals surface area contributed by atoms with Crippen LogP contribution in [0.5, 0.6) is 0 Å². The minimum Gasteiger partial charge on any atom is -0.351 e. The van der Waals surface area contributed by atoms with Gasteiger partial charge in [0, 0.05) is 26.2 Å². The van der Waals surface area contributed by atoms with Gasteiger partial charge in [-0.1, -0.05) is 65.5 Å². The first-order chi connectivity index (χ1) is 19.0. The van der Waals surface area contributed by atoms with Crippen LogP contribution in [0.25, 0.3) is 0 Å². The number of hydrogen-bond donors (Lipinski definition) is 1. The summed E-state index contributed by atoms with van der Waals surface area (Å²) in [4.78, 5) is 13.2. The molecular weight excluding hydrogens is 593 g/mol. The van der Waals surface area contributed by atoms with Crippen LogP contribution in [0.4, 0.5) is 0 Å². The van der Waals surface area contributed by atoms with Crippen LogP contribution in [0.3, 0.4) is 0 Å². The van der Waals surface area contributed by atoms with Crippen molar-refractivity contribution in [1.29, 1.82) is 0 Å². The molecule has 1 N–H and O–H groups in total. The first-order valence-electron chi connectivity index (χ1n) is 12.8. The first-order valence-corrected chi connectivity index (χ1v) is 16.5. The summed E-state index contributed by atoms with van der Waals surface area (Å²) < 4.78 is 55.4. The molecule has 3 aromatic carbocycles. The van der Waals surface area contributed by atoms with Crippen LogP contribution in [-0.2, 0) is 37.9 Å². The standard InChI is InChI=1S/C28H31Cl2N3O5S2/c1-21-5-10-24(11-6-21)40(37,38)33(19-23-9-14-26(29)27(30)17-23)20-28(34)31-18-22-7-12-25(13-8-22)39(35,36)32-15-3-2-4-16-32/h5-14,17H,2-4,15-16,18-20H2,1H3,(H,31,34). The van der Waals surface area contributed by atoms with E-state index in [1.807, 2.05) is 6.92 Å². The average Bonchev–Trinajstić information content (AvgIpc) is 2.94. The second-order valence-corrected chi connectivity index (χ2v) is 14.4. The first kappa shape index (κ1) is 30.5. The molecule has 0 bridgehead atoms. The zero-order valence-corrected chi connectivity index (χ0v) is 25.2. The molecule has 1 saturated heterocycles. The van der Waals surface area contributed by atoms with Crippen molar-refractivity contribution < 1.29 is 21.6 Å². The van der Waals surface area contributed by atoms with E-state index >= 15 is 0 Å². The van der Waals surface area contributed by atoms with Gasteiger partial charge in [-0.15, -0.1) is 0 Å². The zero-order valence-electron chi connectivity index (χ0n) is 22.0. The third-order valence-electron chi connectivity index (χ3n) is 6.69. The van der Waals surface area contributed by atoms with Crippen molar-refractivity contribution in [3.63, 3.8) is 0 Å². The molecular formula is C28H31Cl2N3O5S2. The predicted octanol–water partition coefficient (Wildman–Crippen LogP) is 4.98. The number of amides is 1. The van der Waals surface area contributed by atoms with Crippen LogP contribution in [0.15, 0.2) is 76.5 Å². The van der Waals surface area contributed by atoms with Crippen LogP contribution >= 0.6 is 23.2 Å². The van der Waals surface area contributed by atoms with E-state index in [1.54, 1.807) is 42.5 Å². The third kappa shape index (κ3) is 7.43. The van der Waals surface area contributed by atoms with Crippen molar-refractivity contribution in [2.45, 2.75) is 49.1 Å². The number of benzene rings is 3. The fourth-order valence-electron chi connectivity index (χ4n) is 4.38. The Morgan fingerprint density at radius 2 is 1.43 bits per heavy atom. The van der Waals surface area contributed by atoms with Gasteiger partial charge >= 0.3 is 0 Å². The summed E-state index contributed by atoms with van der Waals surface area (Å²) in [7, 11) is -7.58. The molecule has 1 fully saturated rings. The maximum absolute atomic E-state index is 13.5. The quantitative estimate of drug-likeness (QED) is 0.343. The molecule has 0 unspecified atom stereocenters. The lowest BCUT2D eigenvalue weighted by atomic mass is 10.2. The molecule has 0 aromatic heterocycles. The van der Waals surface area contributed by atoms with Gasteiger partial charge in [0.25, 0.3) is 0 Å². The fraction of sp³-hybridized carbons (Fsp3) is 0.321.